The van der Waals surface area contributed by atoms with Gasteiger partial charge in [-0.05, 0) is 28.1 Å². The van der Waals surface area contributed by atoms with E-state index in [0.29, 0.717) is 0 Å². The highest BCUT2D eigenvalue weighted by atomic mass is 79.9. The van der Waals surface area contributed by atoms with E-state index in [-0.39, 0.29) is 15.8 Å². The number of nitrogens with two attached hydrogens (primary N) is 1. The fraction of sp³-hybridized carbons (Fsp3) is 0.333. The van der Waals surface area contributed by atoms with Crippen molar-refractivity contribution >= 4 is 15.9 Å². The topological polar surface area (TPSA) is 75.7 Å². The number of ether oxygens (including phenoxy) is 1. The molecule has 8 heteroatoms. The van der Waals surface area contributed by atoms with Gasteiger partial charge in [-0.2, -0.15) is 0 Å². The molecule has 4 N–H and O–H groups in total. The van der Waals surface area contributed by atoms with Gasteiger partial charge in [0.2, 0.25) is 0 Å². The van der Waals surface area contributed by atoms with Crippen LogP contribution in [-0.2, 0) is 0 Å². The normalized spacial score (nSPS) is 13.5. The van der Waals surface area contributed by atoms with Crippen molar-refractivity contribution in [3.63, 3.8) is 0 Å². The van der Waals surface area contributed by atoms with Crippen LogP contribution >= 0.6 is 15.9 Å². The van der Waals surface area contributed by atoms with Gasteiger partial charge in [0.25, 0.3) is 0 Å². The summed E-state index contributed by atoms with van der Waals surface area (Å²) in [6.45, 7) is -0.518. The Kier molecular flexibility index (Phi) is 4.23. The number of phenols is 1. The van der Waals surface area contributed by atoms with Crippen molar-refractivity contribution in [3.8, 4) is 11.5 Å². The van der Waals surface area contributed by atoms with Crippen LogP contribution in [-0.4, -0.2) is 23.2 Å². The molecule has 1 aromatic carbocycles. The molecule has 0 amide bonds. The Morgan fingerprint density at radius 3 is 2.47 bits per heavy atom. The quantitative estimate of drug-likeness (QED) is 0.798. The number of halogens is 4. The van der Waals surface area contributed by atoms with Gasteiger partial charge >= 0.3 is 6.36 Å². The zero-order chi connectivity index (χ0) is 13.2. The van der Waals surface area contributed by atoms with Crippen molar-refractivity contribution in [2.24, 2.45) is 5.73 Å². The molecule has 0 fully saturated rings. The van der Waals surface area contributed by atoms with Gasteiger partial charge in [0.15, 0.2) is 0 Å². The van der Waals surface area contributed by atoms with E-state index in [9.17, 15) is 18.3 Å². The second-order valence-electron chi connectivity index (χ2n) is 3.18. The highest BCUT2D eigenvalue weighted by Gasteiger charge is 2.32. The maximum Gasteiger partial charge on any atom is 0.573 e. The highest BCUT2D eigenvalue weighted by molar-refractivity contribution is 9.10. The van der Waals surface area contributed by atoms with Crippen LogP contribution in [0.3, 0.4) is 0 Å². The van der Waals surface area contributed by atoms with Crippen LogP contribution < -0.4 is 10.5 Å². The number of aromatic hydroxyl groups is 1. The van der Waals surface area contributed by atoms with Crippen LogP contribution in [0, 0.1) is 0 Å². The first-order valence-corrected chi connectivity index (χ1v) is 5.18. The van der Waals surface area contributed by atoms with Gasteiger partial charge in [-0.15, -0.1) is 13.2 Å². The first kappa shape index (κ1) is 14.1. The van der Waals surface area contributed by atoms with Gasteiger partial charge < -0.3 is 20.7 Å². The zero-order valence-corrected chi connectivity index (χ0v) is 9.92. The lowest BCUT2D eigenvalue weighted by Crippen LogP contribution is -2.19. The summed E-state index contributed by atoms with van der Waals surface area (Å²) in [5.41, 5.74) is 5.39. The van der Waals surface area contributed by atoms with E-state index < -0.39 is 24.8 Å². The summed E-state index contributed by atoms with van der Waals surface area (Å²) in [7, 11) is 0. The molecule has 0 saturated carbocycles. The Balaban J connectivity index is 3.15. The number of hydrogen-bond acceptors (Lipinski definition) is 4. The van der Waals surface area contributed by atoms with Gasteiger partial charge in [-0.1, -0.05) is 0 Å². The third-order valence-corrected chi connectivity index (χ3v) is 2.50. The van der Waals surface area contributed by atoms with E-state index in [4.69, 9.17) is 10.8 Å². The minimum atomic E-state index is -4.84. The molecule has 96 valence electrons. The summed E-state index contributed by atoms with van der Waals surface area (Å²) in [5, 5.41) is 18.4. The Morgan fingerprint density at radius 2 is 2.00 bits per heavy atom. The predicted octanol–water partition coefficient (Wildman–Crippen LogP) is 2.05. The summed E-state index contributed by atoms with van der Waals surface area (Å²) in [6, 6.07) is 0.883. The van der Waals surface area contributed by atoms with E-state index in [2.05, 4.69) is 20.7 Å². The summed E-state index contributed by atoms with van der Waals surface area (Å²) >= 11 is 2.87. The summed E-state index contributed by atoms with van der Waals surface area (Å²) in [6.07, 6.45) is -4.84. The predicted molar refractivity (Wildman–Crippen MR) is 56.5 cm³/mol. The third kappa shape index (κ3) is 3.76. The summed E-state index contributed by atoms with van der Waals surface area (Å²) in [5.74, 6) is -0.859. The molecular formula is C9H9BrF3NO3. The number of benzene rings is 1. The molecule has 0 aromatic heterocycles. The molecule has 4 nitrogen and oxygen atoms in total. The Morgan fingerprint density at radius 1 is 1.41 bits per heavy atom. The summed E-state index contributed by atoms with van der Waals surface area (Å²) < 4.78 is 39.7. The minimum absolute atomic E-state index is 0.00171. The lowest BCUT2D eigenvalue weighted by Gasteiger charge is -2.15. The van der Waals surface area contributed by atoms with Crippen LogP contribution in [0.5, 0.6) is 11.5 Å². The molecule has 0 bridgehead atoms. The molecule has 1 atom stereocenters. The molecule has 0 spiro atoms. The SMILES string of the molecule is N[C@H](CO)c1cc(OC(F)(F)F)cc(Br)c1O. The van der Waals surface area contributed by atoms with E-state index in [0.717, 1.165) is 12.1 Å². The van der Waals surface area contributed by atoms with Gasteiger partial charge in [0.1, 0.15) is 11.5 Å². The second kappa shape index (κ2) is 5.11. The van der Waals surface area contributed by atoms with Crippen molar-refractivity contribution < 1.29 is 28.1 Å². The Labute approximate surface area is 103 Å². The van der Waals surface area contributed by atoms with Crippen LogP contribution in [0.25, 0.3) is 0 Å². The van der Waals surface area contributed by atoms with Crippen LogP contribution in [0.2, 0.25) is 0 Å². The Bertz CT molecular complexity index is 411. The fourth-order valence-electron chi connectivity index (χ4n) is 1.17. The van der Waals surface area contributed by atoms with Crippen LogP contribution in [0.15, 0.2) is 16.6 Å². The van der Waals surface area contributed by atoms with E-state index >= 15 is 0 Å². The molecular weight excluding hydrogens is 307 g/mol. The number of phenolic OH excluding ortho intramolecular Hbond substituents is 1. The maximum atomic E-state index is 12.0. The fourth-order valence-corrected chi connectivity index (χ4v) is 1.62. The standard InChI is InChI=1S/C9H9BrF3NO3/c10-6-2-4(17-9(11,12)13)1-5(8(6)16)7(14)3-15/h1-2,7,15-16H,3,14H2/t7-/m1/s1. The number of aliphatic hydroxyl groups excluding tert-OH is 1. The number of alkyl halides is 3. The van der Waals surface area contributed by atoms with Crippen LogP contribution in [0.1, 0.15) is 11.6 Å². The van der Waals surface area contributed by atoms with Gasteiger partial charge in [0.05, 0.1) is 17.1 Å². The monoisotopic (exact) mass is 315 g/mol. The molecule has 0 heterocycles. The molecule has 0 aliphatic carbocycles. The smallest absolute Gasteiger partial charge is 0.506 e. The average Bonchev–Trinajstić information content (AvgIpc) is 2.19. The maximum absolute atomic E-state index is 12.0. The number of hydrogen-bond donors (Lipinski definition) is 3. The molecule has 0 aliphatic rings. The first-order valence-electron chi connectivity index (χ1n) is 4.39. The molecule has 1 rings (SSSR count). The third-order valence-electron chi connectivity index (χ3n) is 1.90. The van der Waals surface area contributed by atoms with E-state index in [1.807, 2.05) is 0 Å². The van der Waals surface area contributed by atoms with Crippen molar-refractivity contribution in [2.75, 3.05) is 6.61 Å². The second-order valence-corrected chi connectivity index (χ2v) is 4.03. The molecule has 0 radical (unpaired) electrons. The van der Waals surface area contributed by atoms with Crippen molar-refractivity contribution in [1.29, 1.82) is 0 Å². The van der Waals surface area contributed by atoms with Gasteiger partial charge in [0, 0.05) is 5.56 Å². The first-order chi connectivity index (χ1) is 7.74. The highest BCUT2D eigenvalue weighted by Crippen LogP contribution is 2.37. The van der Waals surface area contributed by atoms with Crippen molar-refractivity contribution in [1.82, 2.24) is 0 Å². The van der Waals surface area contributed by atoms with Crippen molar-refractivity contribution in [2.45, 2.75) is 12.4 Å². The number of rotatable bonds is 3. The zero-order valence-electron chi connectivity index (χ0n) is 8.33. The average molecular weight is 316 g/mol. The lowest BCUT2D eigenvalue weighted by molar-refractivity contribution is -0.274. The lowest BCUT2D eigenvalue weighted by atomic mass is 10.1. The van der Waals surface area contributed by atoms with Crippen LogP contribution in [0.4, 0.5) is 13.2 Å². The van der Waals surface area contributed by atoms with E-state index in [1.54, 1.807) is 0 Å². The molecule has 0 saturated heterocycles. The summed E-state index contributed by atoms with van der Waals surface area (Å²) in [4.78, 5) is 0. The minimum Gasteiger partial charge on any atom is -0.506 e. The number of aliphatic hydroxyl groups is 1. The molecule has 0 unspecified atom stereocenters. The van der Waals surface area contributed by atoms with Gasteiger partial charge in [-0.25, -0.2) is 0 Å². The van der Waals surface area contributed by atoms with E-state index in [1.165, 1.54) is 0 Å². The molecule has 17 heavy (non-hydrogen) atoms. The van der Waals surface area contributed by atoms with Gasteiger partial charge in [-0.3, -0.25) is 0 Å². The Hall–Kier alpha value is -0.990. The largest absolute Gasteiger partial charge is 0.573 e. The molecule has 1 aromatic rings. The van der Waals surface area contributed by atoms with Crippen molar-refractivity contribution in [3.05, 3.63) is 22.2 Å². The molecule has 0 aliphatic heterocycles.